The Morgan fingerprint density at radius 3 is 1.55 bits per heavy atom. The molecule has 0 fully saturated rings. The smallest absolute Gasteiger partial charge is 0.149 e. The van der Waals surface area contributed by atoms with Crippen molar-refractivity contribution in [2.75, 3.05) is 0 Å². The molecule has 0 radical (unpaired) electrons. The van der Waals surface area contributed by atoms with Gasteiger partial charge >= 0.3 is 0 Å². The van der Waals surface area contributed by atoms with Crippen molar-refractivity contribution in [3.05, 3.63) is 191 Å². The molecule has 0 aliphatic rings. The highest BCUT2D eigenvalue weighted by molar-refractivity contribution is 5.98. The number of fused-ring (bicyclic) bond motifs is 1. The molecule has 1 N–H and O–H groups in total. The van der Waals surface area contributed by atoms with Gasteiger partial charge in [-0.05, 0) is 144 Å². The van der Waals surface area contributed by atoms with Gasteiger partial charge in [0.05, 0.1) is 28.0 Å². The van der Waals surface area contributed by atoms with E-state index < -0.39 is 6.85 Å². The molecule has 0 bridgehead atoms. The zero-order valence-electron chi connectivity index (χ0n) is 48.8. The second kappa shape index (κ2) is 18.5. The molecule has 9 aromatic rings. The Morgan fingerprint density at radius 1 is 0.425 bits per heavy atom. The van der Waals surface area contributed by atoms with Crippen LogP contribution in [0.1, 0.15) is 141 Å². The van der Waals surface area contributed by atoms with E-state index in [1.54, 1.807) is 12.1 Å². The molecule has 0 aliphatic heterocycles. The van der Waals surface area contributed by atoms with Gasteiger partial charge < -0.3 is 5.11 Å². The maximum atomic E-state index is 12.8. The van der Waals surface area contributed by atoms with Gasteiger partial charge in [-0.15, -0.1) is 0 Å². The first kappa shape index (κ1) is 47.0. The van der Waals surface area contributed by atoms with Crippen LogP contribution in [0.4, 0.5) is 0 Å². The normalized spacial score (nSPS) is 13.5. The number of aromatic hydroxyl groups is 1. The number of benzene rings is 7. The minimum Gasteiger partial charge on any atom is -0.507 e. The predicted molar refractivity (Wildman–Crippen MR) is 311 cm³/mol. The lowest BCUT2D eigenvalue weighted by Gasteiger charge is -2.28. The topological polar surface area (TPSA) is 50.9 Å². The Kier molecular flexibility index (Phi) is 11.9. The molecular weight excluding hydrogens is 887 g/mol. The van der Waals surface area contributed by atoms with E-state index in [2.05, 4.69) is 230 Å². The van der Waals surface area contributed by atoms with Crippen LogP contribution in [0, 0.1) is 6.85 Å². The van der Waals surface area contributed by atoms with Crippen molar-refractivity contribution in [1.29, 1.82) is 0 Å². The first-order valence-electron chi connectivity index (χ1n) is 27.4. The maximum Gasteiger partial charge on any atom is 0.149 e. The molecular formula is C69H75N3O. The van der Waals surface area contributed by atoms with Crippen molar-refractivity contribution >= 4 is 11.0 Å². The van der Waals surface area contributed by atoms with E-state index in [4.69, 9.17) is 14.1 Å². The van der Waals surface area contributed by atoms with Crippen molar-refractivity contribution in [1.82, 2.24) is 14.5 Å². The molecule has 0 atom stereocenters. The van der Waals surface area contributed by atoms with E-state index in [1.165, 1.54) is 16.7 Å². The molecule has 0 unspecified atom stereocenters. The van der Waals surface area contributed by atoms with Crippen LogP contribution < -0.4 is 0 Å². The highest BCUT2D eigenvalue weighted by Crippen LogP contribution is 2.47. The van der Waals surface area contributed by atoms with Gasteiger partial charge in [-0.25, -0.2) is 4.98 Å². The van der Waals surface area contributed by atoms with Crippen molar-refractivity contribution in [3.63, 3.8) is 0 Å². The second-order valence-electron chi connectivity index (χ2n) is 25.3. The van der Waals surface area contributed by atoms with Gasteiger partial charge in [0, 0.05) is 32.6 Å². The van der Waals surface area contributed by atoms with E-state index in [1.807, 2.05) is 24.4 Å². The van der Waals surface area contributed by atoms with Crippen LogP contribution in [0.5, 0.6) is 5.75 Å². The third kappa shape index (κ3) is 10.3. The zero-order chi connectivity index (χ0) is 55.1. The maximum absolute atomic E-state index is 12.8. The average Bonchev–Trinajstić information content (AvgIpc) is 3.78. The summed E-state index contributed by atoms with van der Waals surface area (Å²) < 4.78 is 26.1. The van der Waals surface area contributed by atoms with E-state index >= 15 is 0 Å². The molecule has 2 heterocycles. The van der Waals surface area contributed by atoms with Crippen molar-refractivity contribution in [2.24, 2.45) is 0 Å². The van der Waals surface area contributed by atoms with Crippen LogP contribution in [-0.2, 0) is 27.1 Å². The fraction of sp³-hybridized carbons (Fsp3) is 0.304. The van der Waals surface area contributed by atoms with E-state index in [0.29, 0.717) is 17.0 Å². The summed E-state index contributed by atoms with van der Waals surface area (Å²) in [4.78, 5) is 10.7. The van der Waals surface area contributed by atoms with Crippen molar-refractivity contribution in [3.8, 4) is 78.6 Å². The van der Waals surface area contributed by atoms with Crippen molar-refractivity contribution in [2.45, 2.75) is 138 Å². The highest BCUT2D eigenvalue weighted by Gasteiger charge is 2.30. The van der Waals surface area contributed by atoms with Crippen LogP contribution in [-0.4, -0.2) is 19.6 Å². The Balaban J connectivity index is 1.35. The first-order chi connectivity index (χ1) is 35.4. The van der Waals surface area contributed by atoms with Crippen LogP contribution in [0.25, 0.3) is 83.9 Å². The number of pyridine rings is 1. The lowest BCUT2D eigenvalue weighted by atomic mass is 9.79. The summed E-state index contributed by atoms with van der Waals surface area (Å²) in [7, 11) is 0. The third-order valence-corrected chi connectivity index (χ3v) is 14.5. The molecule has 0 saturated heterocycles. The number of aryl methyl sites for hydroxylation is 1. The van der Waals surface area contributed by atoms with Gasteiger partial charge in [-0.3, -0.25) is 9.55 Å². The number of hydrogen-bond acceptors (Lipinski definition) is 3. The quantitative estimate of drug-likeness (QED) is 0.173. The van der Waals surface area contributed by atoms with Gasteiger partial charge in [-0.1, -0.05) is 206 Å². The molecule has 372 valence electrons. The Labute approximate surface area is 440 Å². The lowest BCUT2D eigenvalue weighted by molar-refractivity contribution is 0.446. The van der Waals surface area contributed by atoms with Gasteiger partial charge in [0.1, 0.15) is 11.6 Å². The summed E-state index contributed by atoms with van der Waals surface area (Å²) >= 11 is 0. The summed E-state index contributed by atoms with van der Waals surface area (Å²) in [6.45, 7) is 31.2. The van der Waals surface area contributed by atoms with E-state index in [-0.39, 0.29) is 32.8 Å². The molecule has 0 aliphatic carbocycles. The molecule has 2 aromatic heterocycles. The standard InChI is InChI=1S/C69H75N3O/c1-43-20-22-44(23-21-43)47-34-35-70-59(39-47)50-37-48(45-24-28-51(29-25-45)65(2,3)4)36-49(38-50)55-18-17-19-61-62(55)71-64(57-41-54(68(11,12)13)42-58(63(57)73)69(14,15)16)72(61)60-33-32-53(67(8,9)10)40-56(60)46-26-30-52(31-27-46)66(5,6)7/h17-42,73H,1-16H3/i1D3. The fourth-order valence-corrected chi connectivity index (χ4v) is 9.84. The number of phenolic OH excluding ortho intramolecular Hbond substituents is 1. The Hall–Kier alpha value is -7.04. The third-order valence-electron chi connectivity index (χ3n) is 14.5. The lowest BCUT2D eigenvalue weighted by Crippen LogP contribution is -2.17. The molecule has 9 rings (SSSR count). The second-order valence-corrected chi connectivity index (χ2v) is 25.3. The highest BCUT2D eigenvalue weighted by atomic mass is 16.3. The first-order valence-corrected chi connectivity index (χ1v) is 25.9. The summed E-state index contributed by atoms with van der Waals surface area (Å²) in [5, 5.41) is 12.8. The molecule has 0 spiro atoms. The molecule has 0 amide bonds. The average molecular weight is 965 g/mol. The van der Waals surface area contributed by atoms with Gasteiger partial charge in [-0.2, -0.15) is 0 Å². The fourth-order valence-electron chi connectivity index (χ4n) is 9.84. The number of hydrogen-bond donors (Lipinski definition) is 1. The summed E-state index contributed by atoms with van der Waals surface area (Å²) in [6, 6.07) is 53.3. The molecule has 4 heteroatoms. The minimum atomic E-state index is -2.19. The number of imidazole rings is 1. The Bertz CT molecular complexity index is 3620. The minimum absolute atomic E-state index is 0.0128. The number of aromatic nitrogens is 3. The van der Waals surface area contributed by atoms with Crippen molar-refractivity contribution < 1.29 is 9.22 Å². The van der Waals surface area contributed by atoms with E-state index in [9.17, 15) is 5.11 Å². The molecule has 73 heavy (non-hydrogen) atoms. The number of rotatable bonds is 7. The van der Waals surface area contributed by atoms with Crippen LogP contribution >= 0.6 is 0 Å². The molecule has 4 nitrogen and oxygen atoms in total. The predicted octanol–water partition coefficient (Wildman–Crippen LogP) is 18.9. The number of phenols is 1. The van der Waals surface area contributed by atoms with Crippen LogP contribution in [0.2, 0.25) is 0 Å². The largest absolute Gasteiger partial charge is 0.507 e. The molecule has 7 aromatic carbocycles. The van der Waals surface area contributed by atoms with Gasteiger partial charge in [0.25, 0.3) is 0 Å². The summed E-state index contributed by atoms with van der Waals surface area (Å²) in [5.74, 6) is 0.878. The van der Waals surface area contributed by atoms with Crippen LogP contribution in [0.3, 0.4) is 0 Å². The van der Waals surface area contributed by atoms with E-state index in [0.717, 1.165) is 83.6 Å². The Morgan fingerprint density at radius 2 is 0.959 bits per heavy atom. The summed E-state index contributed by atoms with van der Waals surface area (Å²) in [5.41, 5.74) is 18.3. The number of para-hydroxylation sites is 1. The SMILES string of the molecule is [2H]C([2H])([2H])c1ccc(-c2ccnc(-c3cc(-c4ccc(C(C)(C)C)cc4)cc(-c4cccc5c4nc(-c4cc(C(C)(C)C)cc(C(C)(C)C)c4O)n5-c4ccc(C(C)(C)C)cc4-c4ccc(C(C)(C)C)cc4)c3)c2)cc1. The zero-order valence-corrected chi connectivity index (χ0v) is 45.8. The number of nitrogens with zero attached hydrogens (tertiary/aromatic N) is 3. The summed E-state index contributed by atoms with van der Waals surface area (Å²) in [6.07, 6.45) is 1.82. The van der Waals surface area contributed by atoms with Gasteiger partial charge in [0.15, 0.2) is 0 Å². The van der Waals surface area contributed by atoms with Gasteiger partial charge in [0.2, 0.25) is 0 Å². The monoisotopic (exact) mass is 965 g/mol. The van der Waals surface area contributed by atoms with Crippen LogP contribution in [0.15, 0.2) is 158 Å². The molecule has 0 saturated carbocycles.